The second-order valence-electron chi connectivity index (χ2n) is 7.95. The number of alkyl halides is 3. The van der Waals surface area contributed by atoms with Gasteiger partial charge in [0, 0.05) is 36.9 Å². The van der Waals surface area contributed by atoms with Crippen LogP contribution < -0.4 is 20.9 Å². The van der Waals surface area contributed by atoms with Crippen LogP contribution in [-0.4, -0.2) is 52.9 Å². The molecule has 4 rings (SSSR count). The summed E-state index contributed by atoms with van der Waals surface area (Å²) in [6, 6.07) is 11.1. The monoisotopic (exact) mass is 461 g/mol. The van der Waals surface area contributed by atoms with E-state index in [-0.39, 0.29) is 6.04 Å². The molecule has 1 aliphatic heterocycles. The number of nitrogen functional groups attached to an aromatic ring is 1. The van der Waals surface area contributed by atoms with Gasteiger partial charge in [0.15, 0.2) is 5.82 Å². The van der Waals surface area contributed by atoms with Crippen LogP contribution in [0.4, 0.5) is 24.5 Å². The molecular weight excluding hydrogens is 435 g/mol. The molecule has 1 aromatic heterocycles. The number of piperazine rings is 1. The van der Waals surface area contributed by atoms with Crippen molar-refractivity contribution >= 4 is 11.4 Å². The fourth-order valence-electron chi connectivity index (χ4n) is 4.06. The molecule has 8 nitrogen and oxygen atoms in total. The fraction of sp³-hybridized carbons (Fsp3) is 0.364. The Bertz CT molecular complexity index is 1100. The summed E-state index contributed by atoms with van der Waals surface area (Å²) in [7, 11) is 1.56. The number of halogens is 3. The van der Waals surface area contributed by atoms with E-state index in [4.69, 9.17) is 10.6 Å². The Kier molecular flexibility index (Phi) is 6.43. The molecule has 11 heteroatoms. The highest BCUT2D eigenvalue weighted by atomic mass is 19.4. The van der Waals surface area contributed by atoms with E-state index in [0.29, 0.717) is 60.5 Å². The van der Waals surface area contributed by atoms with E-state index < -0.39 is 11.7 Å². The number of hydrogen-bond donors (Lipinski definition) is 3. The summed E-state index contributed by atoms with van der Waals surface area (Å²) in [5.41, 5.74) is 3.89. The number of hydrogen-bond acceptors (Lipinski definition) is 7. The van der Waals surface area contributed by atoms with E-state index in [1.807, 2.05) is 17.0 Å². The standard InChI is InChI=1S/C22H26F3N7O/c1-14-12-32(16-6-3-5-15(11-16)22(23,24)25)10-9-31(14)13-19-27-21(30-29-19)17-7-4-8-18(33-2)20(17)28-26/h3-8,11,14,28H,9-10,12-13,26H2,1-2H3,(H,27,29,30). The lowest BCUT2D eigenvalue weighted by molar-refractivity contribution is -0.137. The quantitative estimate of drug-likeness (QED) is 0.382. The van der Waals surface area contributed by atoms with Crippen LogP contribution in [0.25, 0.3) is 11.4 Å². The van der Waals surface area contributed by atoms with Crippen molar-refractivity contribution in [3.8, 4) is 17.1 Å². The van der Waals surface area contributed by atoms with Crippen molar-refractivity contribution in [2.24, 2.45) is 5.84 Å². The summed E-state index contributed by atoms with van der Waals surface area (Å²) in [4.78, 5) is 8.82. The zero-order valence-electron chi connectivity index (χ0n) is 18.4. The third-order valence-electron chi connectivity index (χ3n) is 5.82. The zero-order valence-corrected chi connectivity index (χ0v) is 18.4. The van der Waals surface area contributed by atoms with Gasteiger partial charge in [0.2, 0.25) is 0 Å². The van der Waals surface area contributed by atoms with Crippen molar-refractivity contribution < 1.29 is 17.9 Å². The summed E-state index contributed by atoms with van der Waals surface area (Å²) in [6.07, 6.45) is -4.35. The molecule has 176 valence electrons. The third kappa shape index (κ3) is 4.88. The Morgan fingerprint density at radius 3 is 2.70 bits per heavy atom. The average Bonchev–Trinajstić information content (AvgIpc) is 3.27. The molecule has 1 unspecified atom stereocenters. The summed E-state index contributed by atoms with van der Waals surface area (Å²) >= 11 is 0. The van der Waals surface area contributed by atoms with E-state index in [1.165, 1.54) is 12.1 Å². The van der Waals surface area contributed by atoms with Crippen molar-refractivity contribution in [1.82, 2.24) is 20.1 Å². The summed E-state index contributed by atoms with van der Waals surface area (Å²) < 4.78 is 44.5. The fourth-order valence-corrected chi connectivity index (χ4v) is 4.06. The molecule has 33 heavy (non-hydrogen) atoms. The Balaban J connectivity index is 1.44. The Hall–Kier alpha value is -3.31. The lowest BCUT2D eigenvalue weighted by atomic mass is 10.1. The third-order valence-corrected chi connectivity index (χ3v) is 5.82. The molecule has 0 amide bonds. The number of methoxy groups -OCH3 is 1. The van der Waals surface area contributed by atoms with Crippen molar-refractivity contribution in [2.75, 3.05) is 37.1 Å². The summed E-state index contributed by atoms with van der Waals surface area (Å²) in [6.45, 7) is 4.50. The van der Waals surface area contributed by atoms with Gasteiger partial charge in [-0.2, -0.15) is 18.3 Å². The van der Waals surface area contributed by atoms with Crippen molar-refractivity contribution in [3.05, 3.63) is 53.9 Å². The van der Waals surface area contributed by atoms with Crippen LogP contribution in [0.2, 0.25) is 0 Å². The highest BCUT2D eigenvalue weighted by Gasteiger charge is 2.32. The number of nitrogens with zero attached hydrogens (tertiary/aromatic N) is 4. The highest BCUT2D eigenvalue weighted by molar-refractivity contribution is 5.78. The number of aromatic amines is 1. The van der Waals surface area contributed by atoms with Gasteiger partial charge in [-0.15, -0.1) is 0 Å². The van der Waals surface area contributed by atoms with Crippen LogP contribution in [0, 0.1) is 0 Å². The molecule has 2 aromatic carbocycles. The molecule has 1 aliphatic rings. The normalized spacial score (nSPS) is 17.3. The van der Waals surface area contributed by atoms with Crippen LogP contribution >= 0.6 is 0 Å². The first-order chi connectivity index (χ1) is 15.8. The minimum atomic E-state index is -4.35. The van der Waals surface area contributed by atoms with E-state index in [0.717, 1.165) is 6.07 Å². The van der Waals surface area contributed by atoms with Gasteiger partial charge in [-0.3, -0.25) is 15.8 Å². The van der Waals surface area contributed by atoms with Gasteiger partial charge in [0.05, 0.1) is 19.2 Å². The Morgan fingerprint density at radius 1 is 1.21 bits per heavy atom. The second kappa shape index (κ2) is 9.28. The number of anilines is 2. The maximum atomic E-state index is 13.1. The number of nitrogens with one attached hydrogen (secondary N) is 2. The first-order valence-corrected chi connectivity index (χ1v) is 10.5. The molecule has 1 fully saturated rings. The zero-order chi connectivity index (χ0) is 23.6. The molecule has 0 aliphatic carbocycles. The lowest BCUT2D eigenvalue weighted by Crippen LogP contribution is -2.51. The largest absolute Gasteiger partial charge is 0.495 e. The maximum Gasteiger partial charge on any atom is 0.416 e. The number of hydrazine groups is 1. The topological polar surface area (TPSA) is 95.3 Å². The predicted molar refractivity (Wildman–Crippen MR) is 120 cm³/mol. The number of ether oxygens (including phenoxy) is 1. The van der Waals surface area contributed by atoms with Crippen molar-refractivity contribution in [1.29, 1.82) is 0 Å². The average molecular weight is 461 g/mol. The van der Waals surface area contributed by atoms with Crippen LogP contribution in [0.1, 0.15) is 18.3 Å². The smallest absolute Gasteiger partial charge is 0.416 e. The minimum Gasteiger partial charge on any atom is -0.495 e. The van der Waals surface area contributed by atoms with Crippen LogP contribution in [0.15, 0.2) is 42.5 Å². The molecule has 0 bridgehead atoms. The molecule has 0 saturated carbocycles. The van der Waals surface area contributed by atoms with Crippen molar-refractivity contribution in [2.45, 2.75) is 25.7 Å². The molecule has 3 aromatic rings. The van der Waals surface area contributed by atoms with Crippen LogP contribution in [0.3, 0.4) is 0 Å². The van der Waals surface area contributed by atoms with Gasteiger partial charge in [-0.05, 0) is 37.3 Å². The van der Waals surface area contributed by atoms with Crippen molar-refractivity contribution in [3.63, 3.8) is 0 Å². The first-order valence-electron chi connectivity index (χ1n) is 10.5. The van der Waals surface area contributed by atoms with Gasteiger partial charge >= 0.3 is 6.18 Å². The van der Waals surface area contributed by atoms with Gasteiger partial charge in [0.1, 0.15) is 17.3 Å². The Morgan fingerprint density at radius 2 is 2.00 bits per heavy atom. The SMILES string of the molecule is COc1cccc(-c2n[nH]c(CN3CCN(c4cccc(C(F)(F)F)c4)CC3C)n2)c1NN. The van der Waals surface area contributed by atoms with E-state index in [1.54, 1.807) is 19.2 Å². The maximum absolute atomic E-state index is 13.1. The number of aromatic nitrogens is 3. The molecule has 1 atom stereocenters. The summed E-state index contributed by atoms with van der Waals surface area (Å²) in [5.74, 6) is 7.43. The number of nitrogens with two attached hydrogens (primary N) is 1. The molecular formula is C22H26F3N7O. The summed E-state index contributed by atoms with van der Waals surface area (Å²) in [5, 5.41) is 7.30. The Labute approximate surface area is 189 Å². The van der Waals surface area contributed by atoms with E-state index in [2.05, 4.69) is 32.4 Å². The number of para-hydroxylation sites is 1. The minimum absolute atomic E-state index is 0.111. The molecule has 2 heterocycles. The number of H-pyrrole nitrogens is 1. The van der Waals surface area contributed by atoms with Gasteiger partial charge < -0.3 is 15.1 Å². The second-order valence-corrected chi connectivity index (χ2v) is 7.95. The number of rotatable bonds is 6. The molecule has 0 spiro atoms. The predicted octanol–water partition coefficient (Wildman–Crippen LogP) is 3.50. The van der Waals surface area contributed by atoms with Crippen LogP contribution in [-0.2, 0) is 12.7 Å². The molecule has 1 saturated heterocycles. The molecule has 4 N–H and O–H groups in total. The van der Waals surface area contributed by atoms with Gasteiger partial charge in [-0.25, -0.2) is 4.98 Å². The lowest BCUT2D eigenvalue weighted by Gasteiger charge is -2.40. The molecule has 0 radical (unpaired) electrons. The van der Waals surface area contributed by atoms with Gasteiger partial charge in [-0.1, -0.05) is 12.1 Å². The van der Waals surface area contributed by atoms with E-state index in [9.17, 15) is 13.2 Å². The highest BCUT2D eigenvalue weighted by Crippen LogP contribution is 2.34. The number of benzene rings is 2. The van der Waals surface area contributed by atoms with E-state index >= 15 is 0 Å². The first kappa shape index (κ1) is 22.9. The van der Waals surface area contributed by atoms with Crippen LogP contribution in [0.5, 0.6) is 5.75 Å². The van der Waals surface area contributed by atoms with Gasteiger partial charge in [0.25, 0.3) is 0 Å².